The maximum atomic E-state index is 2.46. The smallest absolute Gasteiger partial charge is 0.0166 e. The van der Waals surface area contributed by atoms with Crippen LogP contribution >= 0.6 is 7.92 Å². The number of hydrogen-bond donors (Lipinski definition) is 0. The lowest BCUT2D eigenvalue weighted by atomic mass is 10.00. The first-order valence-electron chi connectivity index (χ1n) is 10.3. The van der Waals surface area contributed by atoms with Gasteiger partial charge in [-0.25, -0.2) is 0 Å². The fourth-order valence-electron chi connectivity index (χ4n) is 4.75. The van der Waals surface area contributed by atoms with Crippen LogP contribution in [0, 0.1) is 0 Å². The van der Waals surface area contributed by atoms with Crippen LogP contribution in [0.2, 0.25) is 0 Å². The first-order valence-corrected chi connectivity index (χ1v) is 11.8. The highest BCUT2D eigenvalue weighted by Gasteiger charge is 2.30. The summed E-state index contributed by atoms with van der Waals surface area (Å²) in [6, 6.07) is 11.7. The Balaban J connectivity index is 1.79. The van der Waals surface area contributed by atoms with E-state index in [9.17, 15) is 0 Å². The van der Waals surface area contributed by atoms with Gasteiger partial charge in [-0.2, -0.15) is 0 Å². The summed E-state index contributed by atoms with van der Waals surface area (Å²) in [6.07, 6.45) is 20.9. The Kier molecular flexibility index (Phi) is 7.47. The fourth-order valence-corrected chi connectivity index (χ4v) is 8.54. The van der Waals surface area contributed by atoms with E-state index in [1.165, 1.54) is 89.9 Å². The molecule has 23 heavy (non-hydrogen) atoms. The molecule has 2 saturated carbocycles. The van der Waals surface area contributed by atoms with Gasteiger partial charge in [0.1, 0.15) is 0 Å². The second-order valence-electron chi connectivity index (χ2n) is 7.74. The molecule has 1 aromatic carbocycles. The van der Waals surface area contributed by atoms with Gasteiger partial charge in [-0.15, -0.1) is 0 Å². The van der Waals surface area contributed by atoms with Gasteiger partial charge in [-0.1, -0.05) is 102 Å². The van der Waals surface area contributed by atoms with Gasteiger partial charge in [-0.05, 0) is 42.3 Å². The van der Waals surface area contributed by atoms with Gasteiger partial charge >= 0.3 is 0 Å². The van der Waals surface area contributed by atoms with Gasteiger partial charge in [0, 0.05) is 0 Å². The molecule has 0 radical (unpaired) electrons. The van der Waals surface area contributed by atoms with Crippen LogP contribution in [0.4, 0.5) is 0 Å². The summed E-state index contributed by atoms with van der Waals surface area (Å²) < 4.78 is 0. The third-order valence-corrected chi connectivity index (χ3v) is 9.49. The van der Waals surface area contributed by atoms with Crippen molar-refractivity contribution in [2.45, 2.75) is 101 Å². The van der Waals surface area contributed by atoms with Crippen LogP contribution in [-0.4, -0.2) is 11.3 Å². The Morgan fingerprint density at radius 1 is 0.522 bits per heavy atom. The first-order chi connectivity index (χ1) is 11.4. The molecule has 0 spiro atoms. The molecule has 128 valence electrons. The van der Waals surface area contributed by atoms with Crippen molar-refractivity contribution in [3.8, 4) is 0 Å². The zero-order chi connectivity index (χ0) is 15.7. The predicted molar refractivity (Wildman–Crippen MR) is 105 cm³/mol. The molecule has 0 N–H and O–H groups in total. The van der Waals surface area contributed by atoms with Crippen molar-refractivity contribution in [3.05, 3.63) is 30.3 Å². The summed E-state index contributed by atoms with van der Waals surface area (Å²) in [4.78, 5) is 0. The SMILES string of the molecule is c1ccc(P(C2CCCCCCC2)C2CCCCCCC2)cc1. The van der Waals surface area contributed by atoms with E-state index < -0.39 is 0 Å². The second-order valence-corrected chi connectivity index (χ2v) is 10.5. The zero-order valence-electron chi connectivity index (χ0n) is 14.9. The molecule has 0 aromatic heterocycles. The van der Waals surface area contributed by atoms with E-state index in [-0.39, 0.29) is 7.92 Å². The minimum atomic E-state index is 0.0502. The van der Waals surface area contributed by atoms with E-state index in [4.69, 9.17) is 0 Å². The average molecular weight is 330 g/mol. The normalized spacial score (nSPS) is 23.0. The second kappa shape index (κ2) is 9.83. The molecule has 0 heterocycles. The zero-order valence-corrected chi connectivity index (χ0v) is 15.8. The Labute approximate surface area is 145 Å². The molecule has 0 unspecified atom stereocenters. The molecule has 2 aliphatic rings. The molecule has 1 aromatic rings. The van der Waals surface area contributed by atoms with E-state index in [0.717, 1.165) is 11.3 Å². The van der Waals surface area contributed by atoms with E-state index in [2.05, 4.69) is 30.3 Å². The predicted octanol–water partition coefficient (Wildman–Crippen LogP) is 7.02. The minimum absolute atomic E-state index is 0.0502. The number of rotatable bonds is 3. The third kappa shape index (κ3) is 5.32. The molecule has 0 amide bonds. The monoisotopic (exact) mass is 330 g/mol. The van der Waals surface area contributed by atoms with E-state index in [1.54, 1.807) is 5.30 Å². The summed E-state index contributed by atoms with van der Waals surface area (Å²) >= 11 is 0. The Morgan fingerprint density at radius 3 is 1.35 bits per heavy atom. The van der Waals surface area contributed by atoms with Crippen molar-refractivity contribution < 1.29 is 0 Å². The van der Waals surface area contributed by atoms with Crippen molar-refractivity contribution in [1.29, 1.82) is 0 Å². The van der Waals surface area contributed by atoms with E-state index in [1.807, 2.05) is 0 Å². The van der Waals surface area contributed by atoms with Crippen molar-refractivity contribution in [2.24, 2.45) is 0 Å². The standard InChI is InChI=1S/C22H35P/c1-3-8-14-20(15-9-4-1)23(22-18-12-7-13-19-22)21-16-10-5-2-6-11-17-21/h7,12-13,18-21H,1-6,8-11,14-17H2. The summed E-state index contributed by atoms with van der Waals surface area (Å²) in [5.74, 6) is 0. The lowest BCUT2D eigenvalue weighted by molar-refractivity contribution is 0.491. The van der Waals surface area contributed by atoms with E-state index in [0.29, 0.717) is 0 Å². The van der Waals surface area contributed by atoms with Crippen LogP contribution in [0.5, 0.6) is 0 Å². The molecular formula is C22H35P. The molecule has 2 aliphatic carbocycles. The highest BCUT2D eigenvalue weighted by molar-refractivity contribution is 7.67. The lowest BCUT2D eigenvalue weighted by Gasteiger charge is -2.37. The van der Waals surface area contributed by atoms with Crippen LogP contribution in [0.25, 0.3) is 0 Å². The number of benzene rings is 1. The highest BCUT2D eigenvalue weighted by atomic mass is 31.1. The molecule has 0 atom stereocenters. The van der Waals surface area contributed by atoms with Gasteiger partial charge in [0.25, 0.3) is 0 Å². The van der Waals surface area contributed by atoms with Crippen molar-refractivity contribution in [1.82, 2.24) is 0 Å². The average Bonchev–Trinajstić information content (AvgIpc) is 2.52. The van der Waals surface area contributed by atoms with Gasteiger partial charge < -0.3 is 0 Å². The van der Waals surface area contributed by atoms with Crippen LogP contribution in [0.15, 0.2) is 30.3 Å². The Bertz CT molecular complexity index is 389. The summed E-state index contributed by atoms with van der Waals surface area (Å²) in [7, 11) is 0.0502. The maximum absolute atomic E-state index is 2.46. The molecular weight excluding hydrogens is 295 g/mol. The molecule has 0 nitrogen and oxygen atoms in total. The third-order valence-electron chi connectivity index (χ3n) is 5.99. The maximum Gasteiger partial charge on any atom is -0.0166 e. The first kappa shape index (κ1) is 17.5. The molecule has 0 aliphatic heterocycles. The van der Waals surface area contributed by atoms with Gasteiger partial charge in [-0.3, -0.25) is 0 Å². The van der Waals surface area contributed by atoms with Gasteiger partial charge in [0.2, 0.25) is 0 Å². The van der Waals surface area contributed by atoms with Crippen molar-refractivity contribution in [2.75, 3.05) is 0 Å². The van der Waals surface area contributed by atoms with Crippen molar-refractivity contribution >= 4 is 13.2 Å². The fraction of sp³-hybridized carbons (Fsp3) is 0.727. The molecule has 1 heteroatoms. The molecule has 0 saturated heterocycles. The molecule has 0 bridgehead atoms. The number of hydrogen-bond acceptors (Lipinski definition) is 0. The molecule has 3 rings (SSSR count). The topological polar surface area (TPSA) is 0 Å². The van der Waals surface area contributed by atoms with E-state index >= 15 is 0 Å². The summed E-state index contributed by atoms with van der Waals surface area (Å²) in [5, 5.41) is 1.72. The van der Waals surface area contributed by atoms with Crippen LogP contribution < -0.4 is 5.30 Å². The summed E-state index contributed by atoms with van der Waals surface area (Å²) in [5.41, 5.74) is 2.02. The minimum Gasteiger partial charge on any atom is -0.0690 e. The summed E-state index contributed by atoms with van der Waals surface area (Å²) in [6.45, 7) is 0. The Morgan fingerprint density at radius 2 is 0.913 bits per heavy atom. The van der Waals surface area contributed by atoms with Gasteiger partial charge in [0.15, 0.2) is 0 Å². The van der Waals surface area contributed by atoms with Crippen LogP contribution in [-0.2, 0) is 0 Å². The van der Waals surface area contributed by atoms with Crippen LogP contribution in [0.3, 0.4) is 0 Å². The van der Waals surface area contributed by atoms with Gasteiger partial charge in [0.05, 0.1) is 0 Å². The van der Waals surface area contributed by atoms with Crippen LogP contribution in [0.1, 0.15) is 89.9 Å². The largest absolute Gasteiger partial charge is 0.0690 e. The highest BCUT2D eigenvalue weighted by Crippen LogP contribution is 2.53. The quantitative estimate of drug-likeness (QED) is 0.522. The Hall–Kier alpha value is -0.350. The lowest BCUT2D eigenvalue weighted by Crippen LogP contribution is -2.24. The van der Waals surface area contributed by atoms with Crippen molar-refractivity contribution in [3.63, 3.8) is 0 Å². The molecule has 2 fully saturated rings.